The molecule has 1 saturated heterocycles. The molecule has 1 aliphatic rings. The Morgan fingerprint density at radius 2 is 1.85 bits per heavy atom. The Kier molecular flexibility index (Phi) is 7.57. The smallest absolute Gasteiger partial charge is 0.410 e. The molecule has 2 aromatic carbocycles. The molecule has 1 aliphatic heterocycles. The monoisotopic (exact) mass is 548 g/mol. The van der Waals surface area contributed by atoms with Crippen molar-refractivity contribution >= 4 is 28.6 Å². The van der Waals surface area contributed by atoms with Crippen LogP contribution in [0.5, 0.6) is 5.75 Å². The van der Waals surface area contributed by atoms with Crippen molar-refractivity contribution in [2.75, 3.05) is 18.4 Å². The topological polar surface area (TPSA) is 125 Å². The third-order valence-electron chi connectivity index (χ3n) is 6.46. The standard InChI is InChI=1S/C29H33FN6O4/c1-17-15-24(35-34-17)32-26-22-10-9-21(39-20-11-13-36(14-12-20)28(38)40-29(2,3)4)16-23(22)31-27(33-26)25(37)18-5-7-19(30)8-6-18/h5-10,15-16,20,25,37H,11-14H2,1-4H3,(H2,31,32,33,34,35)/t25-/m1/s1. The van der Waals surface area contributed by atoms with E-state index in [1.54, 1.807) is 11.0 Å². The third-order valence-corrected chi connectivity index (χ3v) is 6.46. The Hall–Kier alpha value is -4.25. The molecule has 3 heterocycles. The minimum Gasteiger partial charge on any atom is -0.490 e. The summed E-state index contributed by atoms with van der Waals surface area (Å²) in [5.74, 6) is 1.40. The van der Waals surface area contributed by atoms with Crippen LogP contribution in [0.15, 0.2) is 48.5 Å². The number of rotatable bonds is 6. The molecule has 0 bridgehead atoms. The van der Waals surface area contributed by atoms with Crippen LogP contribution in [-0.2, 0) is 4.74 Å². The van der Waals surface area contributed by atoms with Crippen LogP contribution in [0.4, 0.5) is 20.8 Å². The number of carbonyl (C=O) groups is 1. The molecule has 0 radical (unpaired) electrons. The summed E-state index contributed by atoms with van der Waals surface area (Å²) in [6, 6.07) is 12.9. The highest BCUT2D eigenvalue weighted by atomic mass is 19.1. The molecule has 5 rings (SSSR count). The lowest BCUT2D eigenvalue weighted by atomic mass is 10.1. The van der Waals surface area contributed by atoms with Crippen molar-refractivity contribution in [2.24, 2.45) is 0 Å². The second-order valence-corrected chi connectivity index (χ2v) is 10.9. The third kappa shape index (κ3) is 6.48. The first kappa shape index (κ1) is 27.3. The molecule has 11 heteroatoms. The van der Waals surface area contributed by atoms with Crippen LogP contribution in [-0.4, -0.2) is 61.1 Å². The number of hydrogen-bond donors (Lipinski definition) is 3. The molecule has 0 unspecified atom stereocenters. The Labute approximate surface area is 231 Å². The number of benzene rings is 2. The number of hydrogen-bond acceptors (Lipinski definition) is 8. The predicted molar refractivity (Wildman–Crippen MR) is 148 cm³/mol. The number of anilines is 2. The van der Waals surface area contributed by atoms with Gasteiger partial charge < -0.3 is 24.8 Å². The van der Waals surface area contributed by atoms with Crippen molar-refractivity contribution in [3.05, 3.63) is 71.4 Å². The maximum absolute atomic E-state index is 13.5. The first-order chi connectivity index (χ1) is 19.0. The van der Waals surface area contributed by atoms with Crippen LogP contribution >= 0.6 is 0 Å². The number of halogens is 1. The normalized spacial score (nSPS) is 15.2. The summed E-state index contributed by atoms with van der Waals surface area (Å²) in [5.41, 5.74) is 1.36. The van der Waals surface area contributed by atoms with Gasteiger partial charge in [-0.25, -0.2) is 19.2 Å². The van der Waals surface area contributed by atoms with Gasteiger partial charge in [-0.2, -0.15) is 5.10 Å². The molecular weight excluding hydrogens is 515 g/mol. The van der Waals surface area contributed by atoms with E-state index in [4.69, 9.17) is 9.47 Å². The van der Waals surface area contributed by atoms with Crippen molar-refractivity contribution in [3.8, 4) is 5.75 Å². The molecule has 0 saturated carbocycles. The zero-order chi connectivity index (χ0) is 28.4. The summed E-state index contributed by atoms with van der Waals surface area (Å²) in [4.78, 5) is 23.3. The molecule has 4 aromatic rings. The van der Waals surface area contributed by atoms with Crippen molar-refractivity contribution in [3.63, 3.8) is 0 Å². The van der Waals surface area contributed by atoms with E-state index in [0.717, 1.165) is 5.69 Å². The van der Waals surface area contributed by atoms with E-state index in [2.05, 4.69) is 25.5 Å². The largest absolute Gasteiger partial charge is 0.490 e. The quantitative estimate of drug-likeness (QED) is 0.292. The molecule has 3 N–H and O–H groups in total. The van der Waals surface area contributed by atoms with Gasteiger partial charge in [-0.3, -0.25) is 5.10 Å². The summed E-state index contributed by atoms with van der Waals surface area (Å²) in [6.45, 7) is 8.53. The Morgan fingerprint density at radius 3 is 2.50 bits per heavy atom. The lowest BCUT2D eigenvalue weighted by Gasteiger charge is -2.33. The van der Waals surface area contributed by atoms with Crippen LogP contribution < -0.4 is 10.1 Å². The molecule has 10 nitrogen and oxygen atoms in total. The summed E-state index contributed by atoms with van der Waals surface area (Å²) < 4.78 is 25.2. The van der Waals surface area contributed by atoms with E-state index in [0.29, 0.717) is 59.8 Å². The zero-order valence-corrected chi connectivity index (χ0v) is 22.9. The molecule has 40 heavy (non-hydrogen) atoms. The number of carbonyl (C=O) groups excluding carboxylic acids is 1. The number of amides is 1. The number of fused-ring (bicyclic) bond motifs is 1. The summed E-state index contributed by atoms with van der Waals surface area (Å²) >= 11 is 0. The van der Waals surface area contributed by atoms with Crippen LogP contribution in [0, 0.1) is 12.7 Å². The first-order valence-corrected chi connectivity index (χ1v) is 13.2. The van der Waals surface area contributed by atoms with Crippen molar-refractivity contribution in [1.82, 2.24) is 25.1 Å². The maximum Gasteiger partial charge on any atom is 0.410 e. The molecule has 210 valence electrons. The highest BCUT2D eigenvalue weighted by molar-refractivity contribution is 5.91. The molecule has 2 aromatic heterocycles. The maximum atomic E-state index is 13.5. The average molecular weight is 549 g/mol. The van der Waals surface area contributed by atoms with Crippen molar-refractivity contribution in [1.29, 1.82) is 0 Å². The van der Waals surface area contributed by atoms with Gasteiger partial charge >= 0.3 is 6.09 Å². The number of nitrogens with zero attached hydrogens (tertiary/aromatic N) is 4. The highest BCUT2D eigenvalue weighted by Crippen LogP contribution is 2.31. The summed E-state index contributed by atoms with van der Waals surface area (Å²) in [5, 5.41) is 22.1. The fourth-order valence-corrected chi connectivity index (χ4v) is 4.49. The highest BCUT2D eigenvalue weighted by Gasteiger charge is 2.28. The molecule has 1 amide bonds. The lowest BCUT2D eigenvalue weighted by Crippen LogP contribution is -2.44. The van der Waals surface area contributed by atoms with Gasteiger partial charge in [-0.05, 0) is 57.5 Å². The number of aryl methyl sites for hydroxylation is 1. The number of aromatic amines is 1. The first-order valence-electron chi connectivity index (χ1n) is 13.2. The molecule has 1 atom stereocenters. The van der Waals surface area contributed by atoms with E-state index < -0.39 is 17.5 Å². The number of ether oxygens (including phenoxy) is 2. The SMILES string of the molecule is Cc1cc(Nc2nc([C@H](O)c3ccc(F)cc3)nc3cc(OC4CCN(C(=O)OC(C)(C)C)CC4)ccc23)n[nH]1. The number of aliphatic hydroxyl groups is 1. The number of aliphatic hydroxyl groups excluding tert-OH is 1. The average Bonchev–Trinajstić information content (AvgIpc) is 3.32. The fourth-order valence-electron chi connectivity index (χ4n) is 4.49. The Bertz CT molecular complexity index is 1490. The zero-order valence-electron chi connectivity index (χ0n) is 22.9. The second-order valence-electron chi connectivity index (χ2n) is 10.9. The van der Waals surface area contributed by atoms with Gasteiger partial charge in [-0.15, -0.1) is 0 Å². The second kappa shape index (κ2) is 11.1. The van der Waals surface area contributed by atoms with Gasteiger partial charge in [-0.1, -0.05) is 12.1 Å². The van der Waals surface area contributed by atoms with Crippen LogP contribution in [0.25, 0.3) is 10.9 Å². The van der Waals surface area contributed by atoms with Gasteiger partial charge in [0.15, 0.2) is 11.6 Å². The van der Waals surface area contributed by atoms with Crippen LogP contribution in [0.1, 0.15) is 56.8 Å². The van der Waals surface area contributed by atoms with E-state index >= 15 is 0 Å². The Morgan fingerprint density at radius 1 is 1.12 bits per heavy atom. The van der Waals surface area contributed by atoms with Gasteiger partial charge in [0.2, 0.25) is 0 Å². The summed E-state index contributed by atoms with van der Waals surface area (Å²) in [7, 11) is 0. The summed E-state index contributed by atoms with van der Waals surface area (Å²) in [6.07, 6.45) is -0.227. The molecular formula is C29H33FN6O4. The number of aromatic nitrogens is 4. The Balaban J connectivity index is 1.38. The van der Waals surface area contributed by atoms with E-state index in [9.17, 15) is 14.3 Å². The van der Waals surface area contributed by atoms with Crippen LogP contribution in [0.2, 0.25) is 0 Å². The van der Waals surface area contributed by atoms with E-state index in [-0.39, 0.29) is 18.0 Å². The van der Waals surface area contributed by atoms with Gasteiger partial charge in [0.25, 0.3) is 0 Å². The lowest BCUT2D eigenvalue weighted by molar-refractivity contribution is 0.0127. The van der Waals surface area contributed by atoms with Gasteiger partial charge in [0.1, 0.15) is 35.2 Å². The van der Waals surface area contributed by atoms with Gasteiger partial charge in [0, 0.05) is 49.1 Å². The van der Waals surface area contributed by atoms with E-state index in [1.807, 2.05) is 45.9 Å². The molecule has 0 aliphatic carbocycles. The fraction of sp³-hybridized carbons (Fsp3) is 0.379. The molecule has 1 fully saturated rings. The van der Waals surface area contributed by atoms with Crippen molar-refractivity contribution in [2.45, 2.75) is 58.3 Å². The van der Waals surface area contributed by atoms with Crippen LogP contribution in [0.3, 0.4) is 0 Å². The number of H-pyrrole nitrogens is 1. The van der Waals surface area contributed by atoms with Gasteiger partial charge in [0.05, 0.1) is 5.52 Å². The number of likely N-dealkylation sites (tertiary alicyclic amines) is 1. The minimum atomic E-state index is -1.17. The number of piperidine rings is 1. The number of nitrogens with one attached hydrogen (secondary N) is 2. The minimum absolute atomic E-state index is 0.0770. The molecule has 0 spiro atoms. The van der Waals surface area contributed by atoms with E-state index in [1.165, 1.54) is 24.3 Å². The van der Waals surface area contributed by atoms with Crippen molar-refractivity contribution < 1.29 is 23.8 Å². The predicted octanol–water partition coefficient (Wildman–Crippen LogP) is 5.40.